The second-order valence-electron chi connectivity index (χ2n) is 5.58. The second kappa shape index (κ2) is 6.78. The fourth-order valence-electron chi connectivity index (χ4n) is 3.00. The number of hydrogen-bond donors (Lipinski definition) is 1. The summed E-state index contributed by atoms with van der Waals surface area (Å²) in [5, 5.41) is 0. The van der Waals surface area contributed by atoms with Crippen LogP contribution in [0.3, 0.4) is 0 Å². The van der Waals surface area contributed by atoms with E-state index in [4.69, 9.17) is 10.7 Å². The van der Waals surface area contributed by atoms with Crippen LogP contribution in [0.25, 0.3) is 11.0 Å². The molecule has 0 saturated carbocycles. The summed E-state index contributed by atoms with van der Waals surface area (Å²) in [7, 11) is 0. The van der Waals surface area contributed by atoms with Gasteiger partial charge in [0.25, 0.3) is 0 Å². The van der Waals surface area contributed by atoms with Crippen LogP contribution < -0.4 is 5.73 Å². The van der Waals surface area contributed by atoms with Crippen molar-refractivity contribution in [2.45, 2.75) is 65.3 Å². The van der Waals surface area contributed by atoms with Gasteiger partial charge in [-0.3, -0.25) is 0 Å². The zero-order chi connectivity index (χ0) is 14.5. The molecule has 0 aliphatic heterocycles. The Bertz CT molecular complexity index is 557. The van der Waals surface area contributed by atoms with E-state index in [0.29, 0.717) is 6.04 Å². The van der Waals surface area contributed by atoms with E-state index in [2.05, 4.69) is 31.4 Å². The summed E-state index contributed by atoms with van der Waals surface area (Å²) >= 11 is 0. The number of fused-ring (bicyclic) bond motifs is 1. The molecule has 2 rings (SSSR count). The SMILES string of the molecule is CCCCC(CCC)n1c(CC)nc2cc(N)ccc21. The average Bonchev–Trinajstić information content (AvgIpc) is 2.80. The predicted molar refractivity (Wildman–Crippen MR) is 87.0 cm³/mol. The van der Waals surface area contributed by atoms with Gasteiger partial charge in [-0.25, -0.2) is 4.98 Å². The molecule has 2 N–H and O–H groups in total. The van der Waals surface area contributed by atoms with Crippen molar-refractivity contribution in [1.29, 1.82) is 0 Å². The minimum absolute atomic E-state index is 0.573. The number of nitrogens with two attached hydrogens (primary N) is 1. The number of rotatable bonds is 7. The van der Waals surface area contributed by atoms with Crippen LogP contribution in [-0.2, 0) is 6.42 Å². The summed E-state index contributed by atoms with van der Waals surface area (Å²) < 4.78 is 2.47. The molecular formula is C17H27N3. The van der Waals surface area contributed by atoms with E-state index in [1.54, 1.807) is 0 Å². The molecule has 1 atom stereocenters. The van der Waals surface area contributed by atoms with Gasteiger partial charge >= 0.3 is 0 Å². The van der Waals surface area contributed by atoms with E-state index >= 15 is 0 Å². The molecule has 1 aromatic carbocycles. The molecule has 110 valence electrons. The van der Waals surface area contributed by atoms with E-state index in [1.807, 2.05) is 12.1 Å². The Kier molecular flexibility index (Phi) is 5.05. The highest BCUT2D eigenvalue weighted by Gasteiger charge is 2.17. The van der Waals surface area contributed by atoms with E-state index in [1.165, 1.54) is 43.4 Å². The Hall–Kier alpha value is -1.51. The molecule has 1 aromatic heterocycles. The van der Waals surface area contributed by atoms with Crippen molar-refractivity contribution in [1.82, 2.24) is 9.55 Å². The first-order valence-electron chi connectivity index (χ1n) is 7.97. The molecule has 1 unspecified atom stereocenters. The molecule has 0 aliphatic rings. The van der Waals surface area contributed by atoms with Crippen molar-refractivity contribution in [2.24, 2.45) is 0 Å². The summed E-state index contributed by atoms with van der Waals surface area (Å²) in [6.45, 7) is 6.71. The van der Waals surface area contributed by atoms with E-state index in [0.717, 1.165) is 17.6 Å². The van der Waals surface area contributed by atoms with E-state index < -0.39 is 0 Å². The number of unbranched alkanes of at least 4 members (excludes halogenated alkanes) is 1. The van der Waals surface area contributed by atoms with Crippen molar-refractivity contribution in [2.75, 3.05) is 5.73 Å². The lowest BCUT2D eigenvalue weighted by Gasteiger charge is -2.21. The summed E-state index contributed by atoms with van der Waals surface area (Å²) in [4.78, 5) is 4.79. The summed E-state index contributed by atoms with van der Waals surface area (Å²) in [6, 6.07) is 6.69. The highest BCUT2D eigenvalue weighted by Crippen LogP contribution is 2.29. The van der Waals surface area contributed by atoms with Gasteiger partial charge < -0.3 is 10.3 Å². The molecular weight excluding hydrogens is 246 g/mol. The highest BCUT2D eigenvalue weighted by molar-refractivity contribution is 5.79. The van der Waals surface area contributed by atoms with Gasteiger partial charge in [-0.15, -0.1) is 0 Å². The Labute approximate surface area is 122 Å². The largest absolute Gasteiger partial charge is 0.399 e. The van der Waals surface area contributed by atoms with E-state index in [9.17, 15) is 0 Å². The lowest BCUT2D eigenvalue weighted by Crippen LogP contribution is -2.12. The molecule has 0 bridgehead atoms. The van der Waals surface area contributed by atoms with Crippen molar-refractivity contribution in [3.63, 3.8) is 0 Å². The standard InChI is InChI=1S/C17H27N3/c1-4-7-9-14(8-5-2)20-16-11-10-13(18)12-15(16)19-17(20)6-3/h10-12,14H,4-9,18H2,1-3H3. The van der Waals surface area contributed by atoms with Crippen LogP contribution in [0, 0.1) is 0 Å². The van der Waals surface area contributed by atoms with Gasteiger partial charge in [0.2, 0.25) is 0 Å². The molecule has 3 heteroatoms. The summed E-state index contributed by atoms with van der Waals surface area (Å²) in [5.41, 5.74) is 8.97. The molecule has 0 radical (unpaired) electrons. The Morgan fingerprint density at radius 3 is 2.60 bits per heavy atom. The average molecular weight is 273 g/mol. The number of nitrogens with zero attached hydrogens (tertiary/aromatic N) is 2. The number of aryl methyl sites for hydroxylation is 1. The summed E-state index contributed by atoms with van der Waals surface area (Å²) in [6.07, 6.45) is 7.19. The van der Waals surface area contributed by atoms with Gasteiger partial charge in [-0.1, -0.05) is 40.0 Å². The minimum atomic E-state index is 0.573. The van der Waals surface area contributed by atoms with Crippen molar-refractivity contribution in [3.05, 3.63) is 24.0 Å². The van der Waals surface area contributed by atoms with Gasteiger partial charge in [0.15, 0.2) is 0 Å². The smallest absolute Gasteiger partial charge is 0.109 e. The Morgan fingerprint density at radius 1 is 1.15 bits per heavy atom. The Morgan fingerprint density at radius 2 is 1.95 bits per heavy atom. The van der Waals surface area contributed by atoms with Crippen LogP contribution in [-0.4, -0.2) is 9.55 Å². The number of benzene rings is 1. The fourth-order valence-corrected chi connectivity index (χ4v) is 3.00. The molecule has 20 heavy (non-hydrogen) atoms. The molecule has 1 heterocycles. The molecule has 0 fully saturated rings. The first-order chi connectivity index (χ1) is 9.71. The monoisotopic (exact) mass is 273 g/mol. The number of nitrogen functional groups attached to an aromatic ring is 1. The third-order valence-corrected chi connectivity index (χ3v) is 3.98. The molecule has 0 amide bonds. The first kappa shape index (κ1) is 14.9. The predicted octanol–water partition coefficient (Wildman–Crippen LogP) is 4.71. The van der Waals surface area contributed by atoms with Gasteiger partial charge in [0.05, 0.1) is 11.0 Å². The number of anilines is 1. The van der Waals surface area contributed by atoms with Crippen molar-refractivity contribution < 1.29 is 0 Å². The van der Waals surface area contributed by atoms with Gasteiger partial charge in [0, 0.05) is 18.2 Å². The third-order valence-electron chi connectivity index (χ3n) is 3.98. The van der Waals surface area contributed by atoms with Crippen LogP contribution in [0.5, 0.6) is 0 Å². The zero-order valence-corrected chi connectivity index (χ0v) is 13.0. The van der Waals surface area contributed by atoms with Crippen LogP contribution in [0.1, 0.15) is 64.7 Å². The Balaban J connectivity index is 2.47. The number of aromatic nitrogens is 2. The molecule has 0 aliphatic carbocycles. The van der Waals surface area contributed by atoms with Crippen LogP contribution in [0.15, 0.2) is 18.2 Å². The maximum atomic E-state index is 5.89. The molecule has 0 spiro atoms. The van der Waals surface area contributed by atoms with E-state index in [-0.39, 0.29) is 0 Å². The molecule has 2 aromatic rings. The minimum Gasteiger partial charge on any atom is -0.399 e. The van der Waals surface area contributed by atoms with Crippen LogP contribution >= 0.6 is 0 Å². The van der Waals surface area contributed by atoms with Crippen molar-refractivity contribution >= 4 is 16.7 Å². The maximum absolute atomic E-state index is 5.89. The second-order valence-corrected chi connectivity index (χ2v) is 5.58. The fraction of sp³-hybridized carbons (Fsp3) is 0.588. The molecule has 3 nitrogen and oxygen atoms in total. The highest BCUT2D eigenvalue weighted by atomic mass is 15.1. The number of hydrogen-bond acceptors (Lipinski definition) is 2. The topological polar surface area (TPSA) is 43.8 Å². The lowest BCUT2D eigenvalue weighted by molar-refractivity contribution is 0.415. The van der Waals surface area contributed by atoms with Gasteiger partial charge in [-0.2, -0.15) is 0 Å². The quantitative estimate of drug-likeness (QED) is 0.742. The van der Waals surface area contributed by atoms with Gasteiger partial charge in [0.1, 0.15) is 5.82 Å². The lowest BCUT2D eigenvalue weighted by atomic mass is 10.0. The maximum Gasteiger partial charge on any atom is 0.109 e. The third kappa shape index (κ3) is 2.97. The zero-order valence-electron chi connectivity index (χ0n) is 13.0. The first-order valence-corrected chi connectivity index (χ1v) is 7.97. The van der Waals surface area contributed by atoms with Gasteiger partial charge in [-0.05, 0) is 31.0 Å². The van der Waals surface area contributed by atoms with Crippen molar-refractivity contribution in [3.8, 4) is 0 Å². The number of imidazole rings is 1. The normalized spacial score (nSPS) is 12.9. The van der Waals surface area contributed by atoms with Crippen LogP contribution in [0.4, 0.5) is 5.69 Å². The summed E-state index contributed by atoms with van der Waals surface area (Å²) in [5.74, 6) is 1.19. The molecule has 0 saturated heterocycles. The van der Waals surface area contributed by atoms with Crippen LogP contribution in [0.2, 0.25) is 0 Å².